The minimum absolute atomic E-state index is 0.382. The number of carbonyl (C=O) groups is 2. The van der Waals surface area contributed by atoms with E-state index >= 15 is 0 Å². The Kier molecular flexibility index (Phi) is 6.70. The minimum Gasteiger partial charge on any atom is -0.481 e. The fourth-order valence-electron chi connectivity index (χ4n) is 4.66. The van der Waals surface area contributed by atoms with Crippen LogP contribution in [0.15, 0.2) is 12.1 Å². The number of hydrogen-bond acceptors (Lipinski definition) is 2. The molecule has 0 aliphatic heterocycles. The molecule has 0 bridgehead atoms. The molecule has 3 rings (SSSR count). The van der Waals surface area contributed by atoms with E-state index in [1.54, 1.807) is 0 Å². The lowest BCUT2D eigenvalue weighted by atomic mass is 9.92. The van der Waals surface area contributed by atoms with Crippen molar-refractivity contribution < 1.29 is 19.8 Å². The van der Waals surface area contributed by atoms with Gasteiger partial charge in [0.1, 0.15) is 0 Å². The van der Waals surface area contributed by atoms with Gasteiger partial charge in [0.2, 0.25) is 0 Å². The van der Waals surface area contributed by atoms with E-state index in [0.717, 1.165) is 83.5 Å². The van der Waals surface area contributed by atoms with E-state index in [1.807, 2.05) is 0 Å². The molecule has 2 aliphatic rings. The summed E-state index contributed by atoms with van der Waals surface area (Å²) >= 11 is 0. The van der Waals surface area contributed by atoms with Crippen molar-refractivity contribution in [2.24, 2.45) is 10.8 Å². The maximum Gasteiger partial charge on any atom is 0.309 e. The summed E-state index contributed by atoms with van der Waals surface area (Å²) in [5.41, 5.74) is 4.71. The smallest absolute Gasteiger partial charge is 0.309 e. The third-order valence-electron chi connectivity index (χ3n) is 7.36. The third-order valence-corrected chi connectivity index (χ3v) is 7.36. The van der Waals surface area contributed by atoms with Crippen LogP contribution in [0.4, 0.5) is 0 Å². The standard InChI is InChI=1S/C25H36O4/c1-18-16-19(2)21(9-5-7-11-25(14-15-25)23(28)29)17-20(18)8-4-3-6-10-24(12-13-24)22(26)27/h16-17H,3-15H2,1-2H3,(H,26,27)(H,28,29). The van der Waals surface area contributed by atoms with Crippen LogP contribution in [-0.2, 0) is 22.4 Å². The zero-order chi connectivity index (χ0) is 21.1. The van der Waals surface area contributed by atoms with Gasteiger partial charge in [-0.3, -0.25) is 9.59 Å². The Morgan fingerprint density at radius 2 is 1.14 bits per heavy atom. The molecule has 0 radical (unpaired) electrons. The quantitative estimate of drug-likeness (QED) is 0.407. The van der Waals surface area contributed by atoms with Crippen LogP contribution >= 0.6 is 0 Å². The van der Waals surface area contributed by atoms with E-state index in [9.17, 15) is 19.8 Å². The van der Waals surface area contributed by atoms with Crippen molar-refractivity contribution in [3.8, 4) is 0 Å². The molecule has 4 heteroatoms. The summed E-state index contributed by atoms with van der Waals surface area (Å²) in [5.74, 6) is -1.21. The number of aryl methyl sites for hydroxylation is 4. The minimum atomic E-state index is -0.609. The highest BCUT2D eigenvalue weighted by atomic mass is 16.4. The van der Waals surface area contributed by atoms with Gasteiger partial charge in [-0.25, -0.2) is 0 Å². The average molecular weight is 401 g/mol. The van der Waals surface area contributed by atoms with Crippen LogP contribution in [0.3, 0.4) is 0 Å². The van der Waals surface area contributed by atoms with Crippen LogP contribution in [-0.4, -0.2) is 22.2 Å². The molecule has 29 heavy (non-hydrogen) atoms. The first-order valence-corrected chi connectivity index (χ1v) is 11.3. The van der Waals surface area contributed by atoms with Crippen molar-refractivity contribution in [1.29, 1.82) is 0 Å². The predicted octanol–water partition coefficient (Wildman–Crippen LogP) is 5.85. The summed E-state index contributed by atoms with van der Waals surface area (Å²) in [6, 6.07) is 4.64. The second-order valence-electron chi connectivity index (χ2n) is 9.64. The van der Waals surface area contributed by atoms with E-state index in [4.69, 9.17) is 0 Å². The van der Waals surface area contributed by atoms with Crippen molar-refractivity contribution in [3.63, 3.8) is 0 Å². The van der Waals surface area contributed by atoms with Gasteiger partial charge in [0, 0.05) is 0 Å². The highest BCUT2D eigenvalue weighted by Gasteiger charge is 2.49. The molecule has 1 aromatic rings. The van der Waals surface area contributed by atoms with Crippen LogP contribution in [0.5, 0.6) is 0 Å². The number of aliphatic carboxylic acids is 2. The summed E-state index contributed by atoms with van der Waals surface area (Å²) < 4.78 is 0. The topological polar surface area (TPSA) is 74.6 Å². The second-order valence-corrected chi connectivity index (χ2v) is 9.64. The van der Waals surface area contributed by atoms with E-state index in [1.165, 1.54) is 22.3 Å². The summed E-state index contributed by atoms with van der Waals surface area (Å²) in [5, 5.41) is 18.6. The van der Waals surface area contributed by atoms with Gasteiger partial charge in [-0.15, -0.1) is 0 Å². The van der Waals surface area contributed by atoms with E-state index in [2.05, 4.69) is 26.0 Å². The first-order chi connectivity index (χ1) is 13.8. The Morgan fingerprint density at radius 1 is 0.724 bits per heavy atom. The maximum absolute atomic E-state index is 11.3. The van der Waals surface area contributed by atoms with Crippen molar-refractivity contribution in [1.82, 2.24) is 0 Å². The van der Waals surface area contributed by atoms with Crippen LogP contribution in [0.2, 0.25) is 0 Å². The van der Waals surface area contributed by atoms with Gasteiger partial charge in [0.15, 0.2) is 0 Å². The monoisotopic (exact) mass is 400 g/mol. The molecule has 0 amide bonds. The molecule has 2 fully saturated rings. The van der Waals surface area contributed by atoms with Crippen molar-refractivity contribution in [2.75, 3.05) is 0 Å². The van der Waals surface area contributed by atoms with Gasteiger partial charge in [-0.2, -0.15) is 0 Å². The highest BCUT2D eigenvalue weighted by Crippen LogP contribution is 2.50. The summed E-state index contributed by atoms with van der Waals surface area (Å²) in [6.45, 7) is 4.35. The molecular weight excluding hydrogens is 364 g/mol. The first kappa shape index (κ1) is 21.9. The third kappa shape index (κ3) is 5.40. The van der Waals surface area contributed by atoms with Gasteiger partial charge in [-0.1, -0.05) is 31.4 Å². The number of unbranched alkanes of at least 4 members (excludes halogenated alkanes) is 3. The fourth-order valence-corrected chi connectivity index (χ4v) is 4.66. The lowest BCUT2D eigenvalue weighted by Gasteiger charge is -2.14. The number of carboxylic acid groups (broad SMARTS) is 2. The molecule has 160 valence electrons. The maximum atomic E-state index is 11.3. The van der Waals surface area contributed by atoms with Gasteiger partial charge in [0.25, 0.3) is 0 Å². The molecule has 0 spiro atoms. The molecule has 0 saturated heterocycles. The Hall–Kier alpha value is -1.84. The van der Waals surface area contributed by atoms with E-state index in [0.29, 0.717) is 0 Å². The van der Waals surface area contributed by atoms with E-state index in [-0.39, 0.29) is 5.41 Å². The molecule has 0 heterocycles. The average Bonchev–Trinajstić information content (AvgIpc) is 3.56. The van der Waals surface area contributed by atoms with Crippen LogP contribution in [0.1, 0.15) is 92.9 Å². The van der Waals surface area contributed by atoms with Gasteiger partial charge in [-0.05, 0) is 100 Å². The normalized spacial score (nSPS) is 18.4. The number of hydrogen-bond donors (Lipinski definition) is 2. The lowest BCUT2D eigenvalue weighted by Crippen LogP contribution is -2.14. The van der Waals surface area contributed by atoms with Gasteiger partial charge < -0.3 is 10.2 Å². The fraction of sp³-hybridized carbons (Fsp3) is 0.680. The Morgan fingerprint density at radius 3 is 1.55 bits per heavy atom. The number of carboxylic acids is 2. The zero-order valence-electron chi connectivity index (χ0n) is 18.1. The number of benzene rings is 1. The summed E-state index contributed by atoms with van der Waals surface area (Å²) in [6.07, 6.45) is 12.4. The Labute approximate surface area is 174 Å². The van der Waals surface area contributed by atoms with Gasteiger partial charge in [0.05, 0.1) is 10.8 Å². The van der Waals surface area contributed by atoms with Crippen LogP contribution in [0, 0.1) is 24.7 Å². The molecule has 2 saturated carbocycles. The molecule has 0 atom stereocenters. The SMILES string of the molecule is Cc1cc(C)c(CCCCC2(C(=O)O)CC2)cc1CCCCCC1(C(=O)O)CC1. The largest absolute Gasteiger partial charge is 0.481 e. The number of rotatable bonds is 13. The van der Waals surface area contributed by atoms with E-state index < -0.39 is 17.4 Å². The molecular formula is C25H36O4. The second kappa shape index (κ2) is 8.89. The summed E-state index contributed by atoms with van der Waals surface area (Å²) in [4.78, 5) is 22.5. The van der Waals surface area contributed by atoms with Crippen molar-refractivity contribution >= 4 is 11.9 Å². The van der Waals surface area contributed by atoms with Crippen LogP contribution in [0.25, 0.3) is 0 Å². The molecule has 0 unspecified atom stereocenters. The molecule has 4 nitrogen and oxygen atoms in total. The molecule has 2 aliphatic carbocycles. The van der Waals surface area contributed by atoms with Crippen LogP contribution < -0.4 is 0 Å². The Bertz CT molecular complexity index is 756. The molecule has 1 aromatic carbocycles. The first-order valence-electron chi connectivity index (χ1n) is 11.3. The van der Waals surface area contributed by atoms with Crippen molar-refractivity contribution in [3.05, 3.63) is 34.4 Å². The lowest BCUT2D eigenvalue weighted by molar-refractivity contribution is -0.144. The Balaban J connectivity index is 1.42. The summed E-state index contributed by atoms with van der Waals surface area (Å²) in [7, 11) is 0. The predicted molar refractivity (Wildman–Crippen MR) is 114 cm³/mol. The zero-order valence-corrected chi connectivity index (χ0v) is 18.1. The molecule has 0 aromatic heterocycles. The van der Waals surface area contributed by atoms with Crippen molar-refractivity contribution in [2.45, 2.75) is 97.3 Å². The highest BCUT2D eigenvalue weighted by molar-refractivity contribution is 5.78. The molecule has 2 N–H and O–H groups in total. The van der Waals surface area contributed by atoms with Gasteiger partial charge >= 0.3 is 11.9 Å².